The molecule has 3 N–H and O–H groups in total. The van der Waals surface area contributed by atoms with Gasteiger partial charge in [-0.25, -0.2) is 23.3 Å². The zero-order valence-corrected chi connectivity index (χ0v) is 19.8. The van der Waals surface area contributed by atoms with Crippen LogP contribution in [0.15, 0.2) is 76.4 Å². The van der Waals surface area contributed by atoms with E-state index in [4.69, 9.17) is 16.7 Å². The van der Waals surface area contributed by atoms with Gasteiger partial charge in [-0.1, -0.05) is 70.0 Å². The van der Waals surface area contributed by atoms with Gasteiger partial charge < -0.3 is 5.11 Å². The van der Waals surface area contributed by atoms with Gasteiger partial charge in [-0.15, -0.1) is 0 Å². The molecule has 0 amide bonds. The number of nitrogens with two attached hydrogens (primary N) is 1. The Morgan fingerprint density at radius 3 is 2.36 bits per heavy atom. The molecule has 0 aliphatic rings. The first-order valence-electron chi connectivity index (χ1n) is 9.40. The Balaban J connectivity index is 2.15. The number of aromatic nitrogens is 2. The quantitative estimate of drug-likeness (QED) is 0.364. The second-order valence-corrected chi connectivity index (χ2v) is 9.90. The van der Waals surface area contributed by atoms with Crippen molar-refractivity contribution in [3.05, 3.63) is 99.1 Å². The smallest absolute Gasteiger partial charge is 0.337 e. The lowest BCUT2D eigenvalue weighted by Crippen LogP contribution is -2.27. The summed E-state index contributed by atoms with van der Waals surface area (Å²) in [6.07, 6.45) is 0. The Labute approximate surface area is 201 Å². The number of carboxylic acid groups (broad SMARTS) is 1. The molecule has 4 aromatic rings. The highest BCUT2D eigenvalue weighted by atomic mass is 79.9. The summed E-state index contributed by atoms with van der Waals surface area (Å²) in [7, 11) is -4.22. The maximum Gasteiger partial charge on any atom is 0.337 e. The third-order valence-electron chi connectivity index (χ3n) is 4.95. The average molecular weight is 549 g/mol. The molecule has 1 unspecified atom stereocenters. The van der Waals surface area contributed by atoms with Crippen molar-refractivity contribution in [2.75, 3.05) is 0 Å². The number of nitrogens with zero attached hydrogens (tertiary/aromatic N) is 2. The molecule has 0 bridgehead atoms. The van der Waals surface area contributed by atoms with E-state index < -0.39 is 31.3 Å². The van der Waals surface area contributed by atoms with Crippen molar-refractivity contribution in [2.24, 2.45) is 5.14 Å². The molecule has 0 saturated heterocycles. The van der Waals surface area contributed by atoms with Crippen molar-refractivity contribution in [1.82, 2.24) is 9.55 Å². The summed E-state index contributed by atoms with van der Waals surface area (Å²) in [4.78, 5) is 29.1. The first kappa shape index (κ1) is 23.1. The van der Waals surface area contributed by atoms with E-state index in [-0.39, 0.29) is 33.0 Å². The zero-order chi connectivity index (χ0) is 23.9. The lowest BCUT2D eigenvalue weighted by atomic mass is 10.1. The molecule has 0 spiro atoms. The first-order valence-corrected chi connectivity index (χ1v) is 12.2. The molecule has 0 saturated carbocycles. The van der Waals surface area contributed by atoms with Gasteiger partial charge in [0.1, 0.15) is 10.7 Å². The number of hydrogen-bond acceptors (Lipinski definition) is 5. The van der Waals surface area contributed by atoms with E-state index in [1.807, 2.05) is 30.3 Å². The van der Waals surface area contributed by atoms with Crippen LogP contribution in [0.2, 0.25) is 5.02 Å². The van der Waals surface area contributed by atoms with E-state index in [2.05, 4.69) is 20.9 Å². The number of primary sulfonamides is 1. The maximum absolute atomic E-state index is 13.7. The van der Waals surface area contributed by atoms with Crippen LogP contribution in [-0.2, 0) is 10.0 Å². The topological polar surface area (TPSA) is 132 Å². The molecule has 3 aromatic carbocycles. The van der Waals surface area contributed by atoms with E-state index in [0.29, 0.717) is 0 Å². The molecule has 4 rings (SSSR count). The third-order valence-corrected chi connectivity index (χ3v) is 7.26. The molecule has 0 aliphatic heterocycles. The highest BCUT2D eigenvalue weighted by Crippen LogP contribution is 2.33. The zero-order valence-electron chi connectivity index (χ0n) is 16.6. The molecule has 1 atom stereocenters. The molecular formula is C22H15BrClN3O5S. The van der Waals surface area contributed by atoms with Crippen LogP contribution in [0.5, 0.6) is 0 Å². The minimum atomic E-state index is -4.22. The number of carboxylic acids is 1. The van der Waals surface area contributed by atoms with Gasteiger partial charge in [0.2, 0.25) is 10.0 Å². The molecule has 0 aliphatic carbocycles. The van der Waals surface area contributed by atoms with E-state index in [1.165, 1.54) is 24.3 Å². The van der Waals surface area contributed by atoms with Gasteiger partial charge >= 0.3 is 5.97 Å². The van der Waals surface area contributed by atoms with Crippen LogP contribution >= 0.6 is 27.5 Å². The van der Waals surface area contributed by atoms with Gasteiger partial charge in [-0.2, -0.15) is 0 Å². The molecule has 8 nitrogen and oxygen atoms in total. The van der Waals surface area contributed by atoms with E-state index in [1.54, 1.807) is 6.07 Å². The number of fused-ring (bicyclic) bond motifs is 1. The van der Waals surface area contributed by atoms with E-state index in [9.17, 15) is 23.1 Å². The lowest BCUT2D eigenvalue weighted by Gasteiger charge is -2.19. The fraction of sp³-hybridized carbons (Fsp3) is 0.0455. The van der Waals surface area contributed by atoms with Crippen molar-refractivity contribution < 1.29 is 18.3 Å². The number of carbonyl (C=O) groups is 1. The van der Waals surface area contributed by atoms with Gasteiger partial charge in [0, 0.05) is 0 Å². The Morgan fingerprint density at radius 1 is 1.09 bits per heavy atom. The standard InChI is InChI=1S/C22H15BrClN3O5S/c23-19(12-6-2-1-3-7-12)20-26-16-11-15(24)18(33(25,31)32)10-14(16)21(28)27(20)17-9-5-4-8-13(17)22(29)30/h1-11,19H,(H,29,30)(H2,25,31,32). The van der Waals surface area contributed by atoms with Crippen LogP contribution in [-0.4, -0.2) is 29.0 Å². The first-order chi connectivity index (χ1) is 15.6. The number of rotatable bonds is 5. The fourth-order valence-electron chi connectivity index (χ4n) is 3.45. The van der Waals surface area contributed by atoms with Gasteiger partial charge in [-0.3, -0.25) is 9.36 Å². The molecule has 168 valence electrons. The van der Waals surface area contributed by atoms with Gasteiger partial charge in [0.25, 0.3) is 5.56 Å². The Kier molecular flexibility index (Phi) is 6.10. The second kappa shape index (κ2) is 8.71. The number of sulfonamides is 1. The Hall–Kier alpha value is -3.05. The van der Waals surface area contributed by atoms with Gasteiger partial charge in [0.05, 0.1) is 32.0 Å². The summed E-state index contributed by atoms with van der Waals surface area (Å²) in [6, 6.07) is 17.4. The lowest BCUT2D eigenvalue weighted by molar-refractivity contribution is 0.0697. The summed E-state index contributed by atoms with van der Waals surface area (Å²) >= 11 is 9.69. The number of aromatic carboxylic acids is 1. The van der Waals surface area contributed by atoms with Crippen LogP contribution in [0.3, 0.4) is 0 Å². The minimum Gasteiger partial charge on any atom is -0.478 e. The number of alkyl halides is 1. The Bertz CT molecular complexity index is 1570. The van der Waals surface area contributed by atoms with Crippen LogP contribution in [0, 0.1) is 0 Å². The van der Waals surface area contributed by atoms with Crippen molar-refractivity contribution >= 4 is 54.4 Å². The SMILES string of the molecule is NS(=O)(=O)c1cc2c(=O)n(-c3ccccc3C(=O)O)c(C(Br)c3ccccc3)nc2cc1Cl. The predicted octanol–water partition coefficient (Wildman–Crippen LogP) is 3.87. The molecule has 1 heterocycles. The number of benzene rings is 3. The summed E-state index contributed by atoms with van der Waals surface area (Å²) in [5.41, 5.74) is 0.169. The summed E-state index contributed by atoms with van der Waals surface area (Å²) in [5.74, 6) is -1.05. The normalized spacial score (nSPS) is 12.6. The van der Waals surface area contributed by atoms with Crippen molar-refractivity contribution in [2.45, 2.75) is 9.72 Å². The second-order valence-electron chi connectivity index (χ2n) is 7.05. The molecular weight excluding hydrogens is 534 g/mol. The largest absolute Gasteiger partial charge is 0.478 e. The van der Waals surface area contributed by atoms with Crippen molar-refractivity contribution in [1.29, 1.82) is 0 Å². The van der Waals surface area contributed by atoms with Crippen molar-refractivity contribution in [3.8, 4) is 5.69 Å². The van der Waals surface area contributed by atoms with Gasteiger partial charge in [-0.05, 0) is 29.8 Å². The van der Waals surface area contributed by atoms with Crippen LogP contribution in [0.1, 0.15) is 26.6 Å². The molecule has 11 heteroatoms. The van der Waals surface area contributed by atoms with Crippen LogP contribution in [0.4, 0.5) is 0 Å². The predicted molar refractivity (Wildman–Crippen MR) is 128 cm³/mol. The maximum atomic E-state index is 13.7. The average Bonchev–Trinajstić information content (AvgIpc) is 2.78. The summed E-state index contributed by atoms with van der Waals surface area (Å²) in [5, 5.41) is 14.7. The Morgan fingerprint density at radius 2 is 1.73 bits per heavy atom. The van der Waals surface area contributed by atoms with Crippen molar-refractivity contribution in [3.63, 3.8) is 0 Å². The van der Waals surface area contributed by atoms with E-state index >= 15 is 0 Å². The third kappa shape index (κ3) is 4.30. The van der Waals surface area contributed by atoms with Crippen LogP contribution < -0.4 is 10.7 Å². The number of halogens is 2. The summed E-state index contributed by atoms with van der Waals surface area (Å²) in [6.45, 7) is 0. The summed E-state index contributed by atoms with van der Waals surface area (Å²) < 4.78 is 25.0. The molecule has 1 aromatic heterocycles. The monoisotopic (exact) mass is 547 g/mol. The highest BCUT2D eigenvalue weighted by Gasteiger charge is 2.25. The molecule has 0 radical (unpaired) electrons. The van der Waals surface area contributed by atoms with Gasteiger partial charge in [0.15, 0.2) is 0 Å². The minimum absolute atomic E-state index is 0.0758. The number of hydrogen-bond donors (Lipinski definition) is 2. The molecule has 33 heavy (non-hydrogen) atoms. The molecule has 0 fully saturated rings. The number of para-hydroxylation sites is 1. The highest BCUT2D eigenvalue weighted by molar-refractivity contribution is 9.09. The van der Waals surface area contributed by atoms with Crippen LogP contribution in [0.25, 0.3) is 16.6 Å². The fourth-order valence-corrected chi connectivity index (χ4v) is 5.15. The van der Waals surface area contributed by atoms with E-state index in [0.717, 1.165) is 16.2 Å².